The van der Waals surface area contributed by atoms with Crippen molar-refractivity contribution in [2.45, 2.75) is 6.18 Å². The molecule has 1 heterocycles. The summed E-state index contributed by atoms with van der Waals surface area (Å²) in [5.41, 5.74) is 1.49. The van der Waals surface area contributed by atoms with E-state index >= 15 is 0 Å². The molecule has 3 rings (SSSR count). The molecule has 3 aromatic rings. The molecule has 1 amide bonds. The lowest BCUT2D eigenvalue weighted by Gasteiger charge is -2.17. The van der Waals surface area contributed by atoms with Crippen LogP contribution in [0, 0.1) is 0 Å². The summed E-state index contributed by atoms with van der Waals surface area (Å²) in [6, 6.07) is 10.2. The van der Waals surface area contributed by atoms with Crippen molar-refractivity contribution in [3.63, 3.8) is 0 Å². The molecule has 0 saturated heterocycles. The van der Waals surface area contributed by atoms with Crippen molar-refractivity contribution in [3.05, 3.63) is 59.7 Å². The first-order chi connectivity index (χ1) is 14.6. The standard InChI is InChI=1S/C22H23F3N4O2/c1-28(2)12-13-29(3)21-27-18-14-17(9-10-19(18)31-21)26-20(30)11-6-15-4-7-16(8-5-15)22(23,24)25/h4-11,14H,12-13H2,1-3H3,(H,26,30)/b11-6-. The molecular weight excluding hydrogens is 409 g/mol. The first kappa shape index (κ1) is 22.4. The Balaban J connectivity index is 1.64. The largest absolute Gasteiger partial charge is 0.423 e. The van der Waals surface area contributed by atoms with Gasteiger partial charge in [0.2, 0.25) is 5.91 Å². The highest BCUT2D eigenvalue weighted by Gasteiger charge is 2.29. The van der Waals surface area contributed by atoms with Gasteiger partial charge in [-0.05, 0) is 56.1 Å². The molecule has 1 N–H and O–H groups in total. The Labute approximate surface area is 178 Å². The van der Waals surface area contributed by atoms with Gasteiger partial charge in [0.05, 0.1) is 5.56 Å². The quantitative estimate of drug-likeness (QED) is 0.557. The highest BCUT2D eigenvalue weighted by atomic mass is 19.4. The fraction of sp³-hybridized carbons (Fsp3) is 0.273. The van der Waals surface area contributed by atoms with Gasteiger partial charge in [-0.3, -0.25) is 4.79 Å². The molecule has 0 bridgehead atoms. The van der Waals surface area contributed by atoms with E-state index in [-0.39, 0.29) is 0 Å². The van der Waals surface area contributed by atoms with Crippen molar-refractivity contribution in [1.82, 2.24) is 9.88 Å². The maximum atomic E-state index is 12.6. The Morgan fingerprint density at radius 3 is 2.45 bits per heavy atom. The fourth-order valence-corrected chi connectivity index (χ4v) is 2.74. The lowest BCUT2D eigenvalue weighted by atomic mass is 10.1. The van der Waals surface area contributed by atoms with Crippen LogP contribution < -0.4 is 10.2 Å². The minimum atomic E-state index is -4.39. The number of nitrogens with zero attached hydrogens (tertiary/aromatic N) is 3. The summed E-state index contributed by atoms with van der Waals surface area (Å²) in [5.74, 6) is -0.411. The summed E-state index contributed by atoms with van der Waals surface area (Å²) in [6.45, 7) is 1.60. The van der Waals surface area contributed by atoms with Crippen LogP contribution in [0.1, 0.15) is 11.1 Å². The zero-order valence-electron chi connectivity index (χ0n) is 17.4. The number of carbonyl (C=O) groups excluding carboxylic acids is 1. The van der Waals surface area contributed by atoms with E-state index in [0.29, 0.717) is 28.4 Å². The molecule has 6 nitrogen and oxygen atoms in total. The van der Waals surface area contributed by atoms with Crippen LogP contribution in [-0.2, 0) is 11.0 Å². The number of halogens is 3. The summed E-state index contributed by atoms with van der Waals surface area (Å²) in [6.07, 6.45) is -1.68. The zero-order valence-corrected chi connectivity index (χ0v) is 17.4. The van der Waals surface area contributed by atoms with E-state index in [1.54, 1.807) is 18.2 Å². The maximum Gasteiger partial charge on any atom is 0.416 e. The molecule has 0 aliphatic rings. The smallest absolute Gasteiger partial charge is 0.416 e. The van der Waals surface area contributed by atoms with Crippen molar-refractivity contribution in [3.8, 4) is 0 Å². The SMILES string of the molecule is CN(C)CCN(C)c1nc2cc(NC(=O)/C=C\c3ccc(C(F)(F)F)cc3)ccc2o1. The van der Waals surface area contributed by atoms with Gasteiger partial charge in [0.15, 0.2) is 5.58 Å². The van der Waals surface area contributed by atoms with E-state index in [0.717, 1.165) is 25.2 Å². The molecule has 0 aliphatic heterocycles. The molecule has 0 atom stereocenters. The molecule has 9 heteroatoms. The molecule has 0 fully saturated rings. The molecule has 0 spiro atoms. The molecule has 164 valence electrons. The van der Waals surface area contributed by atoms with Gasteiger partial charge >= 0.3 is 6.18 Å². The van der Waals surface area contributed by atoms with Crippen LogP contribution in [0.25, 0.3) is 17.2 Å². The van der Waals surface area contributed by atoms with Crippen LogP contribution in [0.2, 0.25) is 0 Å². The number of aromatic nitrogens is 1. The van der Waals surface area contributed by atoms with Crippen molar-refractivity contribution >= 4 is 34.8 Å². The summed E-state index contributed by atoms with van der Waals surface area (Å²) >= 11 is 0. The first-order valence-corrected chi connectivity index (χ1v) is 9.54. The van der Waals surface area contributed by atoms with E-state index in [1.165, 1.54) is 24.3 Å². The first-order valence-electron chi connectivity index (χ1n) is 9.54. The Morgan fingerprint density at radius 2 is 1.81 bits per heavy atom. The average Bonchev–Trinajstić information content (AvgIpc) is 3.13. The number of hydrogen-bond acceptors (Lipinski definition) is 5. The number of amides is 1. The molecule has 0 aliphatic carbocycles. The van der Waals surface area contributed by atoms with Crippen molar-refractivity contribution in [1.29, 1.82) is 0 Å². The average molecular weight is 432 g/mol. The maximum absolute atomic E-state index is 12.6. The number of likely N-dealkylation sites (N-methyl/N-ethyl adjacent to an activating group) is 2. The highest BCUT2D eigenvalue weighted by Crippen LogP contribution is 2.29. The second kappa shape index (κ2) is 9.22. The van der Waals surface area contributed by atoms with E-state index in [4.69, 9.17) is 4.42 Å². The van der Waals surface area contributed by atoms with Gasteiger partial charge in [-0.1, -0.05) is 12.1 Å². The van der Waals surface area contributed by atoms with Crippen LogP contribution in [0.15, 0.2) is 53.0 Å². The minimum Gasteiger partial charge on any atom is -0.423 e. The third kappa shape index (κ3) is 6.08. The fourth-order valence-electron chi connectivity index (χ4n) is 2.74. The predicted molar refractivity (Wildman–Crippen MR) is 115 cm³/mol. The van der Waals surface area contributed by atoms with Crippen molar-refractivity contribution in [2.75, 3.05) is 44.4 Å². The number of benzene rings is 2. The molecule has 1 aromatic heterocycles. The van der Waals surface area contributed by atoms with Gasteiger partial charge < -0.3 is 19.5 Å². The number of hydrogen-bond donors (Lipinski definition) is 1. The van der Waals surface area contributed by atoms with Crippen LogP contribution >= 0.6 is 0 Å². The molecule has 31 heavy (non-hydrogen) atoms. The number of oxazole rings is 1. The zero-order chi connectivity index (χ0) is 22.6. The van der Waals surface area contributed by atoms with Crippen molar-refractivity contribution in [2.24, 2.45) is 0 Å². The number of alkyl halides is 3. The second-order valence-corrected chi connectivity index (χ2v) is 7.35. The third-order valence-electron chi connectivity index (χ3n) is 4.52. The van der Waals surface area contributed by atoms with Crippen LogP contribution in [-0.4, -0.2) is 50.0 Å². The minimum absolute atomic E-state index is 0.411. The number of anilines is 2. The lowest BCUT2D eigenvalue weighted by molar-refractivity contribution is -0.137. The van der Waals surface area contributed by atoms with E-state index in [1.807, 2.05) is 26.0 Å². The van der Waals surface area contributed by atoms with Crippen molar-refractivity contribution < 1.29 is 22.4 Å². The Hall–Kier alpha value is -3.33. The summed E-state index contributed by atoms with van der Waals surface area (Å²) in [7, 11) is 5.87. The molecular formula is C22H23F3N4O2. The molecule has 0 unspecified atom stereocenters. The Bertz CT molecular complexity index is 1070. The van der Waals surface area contributed by atoms with Gasteiger partial charge in [0.1, 0.15) is 5.52 Å². The molecule has 2 aromatic carbocycles. The molecule has 0 saturated carbocycles. The monoisotopic (exact) mass is 432 g/mol. The van der Waals surface area contributed by atoms with Gasteiger partial charge in [0.25, 0.3) is 6.01 Å². The lowest BCUT2D eigenvalue weighted by Crippen LogP contribution is -2.28. The number of fused-ring (bicyclic) bond motifs is 1. The Kier molecular flexibility index (Phi) is 6.65. The predicted octanol–water partition coefficient (Wildman–Crippen LogP) is 4.50. The number of nitrogens with one attached hydrogen (secondary N) is 1. The third-order valence-corrected chi connectivity index (χ3v) is 4.52. The number of rotatable bonds is 7. The van der Waals surface area contributed by atoms with Crippen LogP contribution in [0.5, 0.6) is 0 Å². The van der Waals surface area contributed by atoms with E-state index in [9.17, 15) is 18.0 Å². The number of carbonyl (C=O) groups is 1. The highest BCUT2D eigenvalue weighted by molar-refractivity contribution is 6.02. The van der Waals surface area contributed by atoms with Crippen LogP contribution in [0.4, 0.5) is 24.9 Å². The van der Waals surface area contributed by atoms with Gasteiger partial charge in [-0.15, -0.1) is 0 Å². The van der Waals surface area contributed by atoms with Crippen LogP contribution in [0.3, 0.4) is 0 Å². The summed E-state index contributed by atoms with van der Waals surface area (Å²) < 4.78 is 43.6. The van der Waals surface area contributed by atoms with Gasteiger partial charge in [0, 0.05) is 31.9 Å². The normalized spacial score (nSPS) is 12.1. The van der Waals surface area contributed by atoms with E-state index < -0.39 is 17.6 Å². The van der Waals surface area contributed by atoms with E-state index in [2.05, 4.69) is 15.2 Å². The summed E-state index contributed by atoms with van der Waals surface area (Å²) in [4.78, 5) is 20.6. The van der Waals surface area contributed by atoms with Gasteiger partial charge in [-0.2, -0.15) is 18.2 Å². The topological polar surface area (TPSA) is 61.6 Å². The molecule has 0 radical (unpaired) electrons. The van der Waals surface area contributed by atoms with Gasteiger partial charge in [-0.25, -0.2) is 0 Å². The Morgan fingerprint density at radius 1 is 1.10 bits per heavy atom. The second-order valence-electron chi connectivity index (χ2n) is 7.35. The summed E-state index contributed by atoms with van der Waals surface area (Å²) in [5, 5.41) is 2.71.